The number of nitrogens with zero attached hydrogens (tertiary/aromatic N) is 3. The van der Waals surface area contributed by atoms with Crippen molar-refractivity contribution in [1.29, 1.82) is 0 Å². The number of thioether (sulfide) groups is 1. The minimum Gasteiger partial charge on any atom is -0.274 e. The highest BCUT2D eigenvalue weighted by Crippen LogP contribution is 2.20. The van der Waals surface area contributed by atoms with Crippen LogP contribution in [0.15, 0.2) is 34.4 Å². The van der Waals surface area contributed by atoms with E-state index in [4.69, 9.17) is 0 Å². The smallest absolute Gasteiger partial charge is 0.269 e. The third-order valence-corrected chi connectivity index (χ3v) is 3.15. The van der Waals surface area contributed by atoms with Gasteiger partial charge in [0.2, 0.25) is 11.1 Å². The molecule has 0 aliphatic carbocycles. The number of carbonyl (C=O) groups is 1. The normalized spacial score (nSPS) is 16.3. The van der Waals surface area contributed by atoms with Crippen LogP contribution in [0.2, 0.25) is 0 Å². The highest BCUT2D eigenvalue weighted by Gasteiger charge is 2.16. The Bertz CT molecular complexity index is 580. The molecule has 1 heterocycles. The number of non-ortho nitro benzene ring substituents is 1. The van der Waals surface area contributed by atoms with Gasteiger partial charge in [-0.15, -0.1) is 5.10 Å². The molecule has 1 aliphatic rings. The molecule has 0 unspecified atom stereocenters. The number of hydrogen-bond acceptors (Lipinski definition) is 5. The maximum absolute atomic E-state index is 10.7. The van der Waals surface area contributed by atoms with Crippen LogP contribution in [0.4, 0.5) is 5.69 Å². The van der Waals surface area contributed by atoms with Crippen LogP contribution in [0.5, 0.6) is 0 Å². The molecule has 1 aromatic rings. The number of rotatable bonds is 3. The molecule has 0 aromatic heterocycles. The lowest BCUT2D eigenvalue weighted by Crippen LogP contribution is -2.13. The molecule has 2 rings (SSSR count). The molecule has 0 atom stereocenters. The summed E-state index contributed by atoms with van der Waals surface area (Å²) in [5.41, 5.74) is 3.95. The van der Waals surface area contributed by atoms with Gasteiger partial charge in [0.05, 0.1) is 10.6 Å². The Labute approximate surface area is 112 Å². The first-order valence-corrected chi connectivity index (χ1v) is 6.34. The topological polar surface area (TPSA) is 97.0 Å². The van der Waals surface area contributed by atoms with Crippen LogP contribution in [0.25, 0.3) is 0 Å². The van der Waals surface area contributed by atoms with Crippen molar-refractivity contribution < 1.29 is 9.72 Å². The Morgan fingerprint density at radius 1 is 1.47 bits per heavy atom. The predicted molar refractivity (Wildman–Crippen MR) is 73.3 cm³/mol. The van der Waals surface area contributed by atoms with Crippen LogP contribution in [0.3, 0.4) is 0 Å². The standard InChI is InChI=1S/C11H10N4O3S/c1-7(16)13-14-11-12-10(6-19-11)8-2-4-9(5-3-8)15(17)18/h2-5H,6H2,1H3,(H,13,16). The molecule has 0 saturated carbocycles. The Kier molecular flexibility index (Phi) is 3.91. The molecule has 0 radical (unpaired) electrons. The molecule has 1 aromatic carbocycles. The third-order valence-electron chi connectivity index (χ3n) is 2.29. The van der Waals surface area contributed by atoms with Gasteiger partial charge >= 0.3 is 0 Å². The fourth-order valence-corrected chi connectivity index (χ4v) is 2.20. The Balaban J connectivity index is 2.14. The van der Waals surface area contributed by atoms with Gasteiger partial charge in [0.1, 0.15) is 0 Å². The van der Waals surface area contributed by atoms with Crippen molar-refractivity contribution >= 4 is 34.2 Å². The molecule has 1 amide bonds. The van der Waals surface area contributed by atoms with Crippen LogP contribution in [-0.2, 0) is 4.79 Å². The van der Waals surface area contributed by atoms with E-state index >= 15 is 0 Å². The molecule has 0 saturated heterocycles. The number of nitro groups is 1. The lowest BCUT2D eigenvalue weighted by Gasteiger charge is -1.97. The zero-order valence-corrected chi connectivity index (χ0v) is 10.8. The predicted octanol–water partition coefficient (Wildman–Crippen LogP) is 1.54. The van der Waals surface area contributed by atoms with Crippen LogP contribution in [0, 0.1) is 10.1 Å². The fourth-order valence-electron chi connectivity index (χ4n) is 1.42. The van der Waals surface area contributed by atoms with Crippen molar-refractivity contribution in [3.8, 4) is 0 Å². The first-order chi connectivity index (χ1) is 9.06. The lowest BCUT2D eigenvalue weighted by atomic mass is 10.1. The van der Waals surface area contributed by atoms with Crippen molar-refractivity contribution in [3.05, 3.63) is 39.9 Å². The molecule has 19 heavy (non-hydrogen) atoms. The molecular weight excluding hydrogens is 268 g/mol. The van der Waals surface area contributed by atoms with E-state index in [1.54, 1.807) is 12.1 Å². The molecule has 8 heteroatoms. The zero-order chi connectivity index (χ0) is 13.8. The van der Waals surface area contributed by atoms with Gasteiger partial charge in [0.15, 0.2) is 0 Å². The van der Waals surface area contributed by atoms with Gasteiger partial charge < -0.3 is 0 Å². The summed E-state index contributed by atoms with van der Waals surface area (Å²) < 4.78 is 0. The average molecular weight is 278 g/mol. The van der Waals surface area contributed by atoms with Gasteiger partial charge in [-0.1, -0.05) is 11.8 Å². The first-order valence-electron chi connectivity index (χ1n) is 5.36. The van der Waals surface area contributed by atoms with Crippen molar-refractivity contribution in [2.24, 2.45) is 10.1 Å². The van der Waals surface area contributed by atoms with Crippen molar-refractivity contribution in [2.75, 3.05) is 5.75 Å². The summed E-state index contributed by atoms with van der Waals surface area (Å²) >= 11 is 1.40. The Morgan fingerprint density at radius 2 is 2.16 bits per heavy atom. The van der Waals surface area contributed by atoms with Gasteiger partial charge in [0, 0.05) is 24.8 Å². The monoisotopic (exact) mass is 278 g/mol. The van der Waals surface area contributed by atoms with Crippen molar-refractivity contribution in [2.45, 2.75) is 6.92 Å². The Hall–Kier alpha value is -2.22. The zero-order valence-electron chi connectivity index (χ0n) is 9.99. The quantitative estimate of drug-likeness (QED) is 0.669. The third kappa shape index (κ3) is 3.38. The average Bonchev–Trinajstić information content (AvgIpc) is 2.85. The number of carbonyl (C=O) groups excluding carboxylic acids is 1. The number of amides is 1. The lowest BCUT2D eigenvalue weighted by molar-refractivity contribution is -0.384. The summed E-state index contributed by atoms with van der Waals surface area (Å²) in [5.74, 6) is 0.364. The number of amidine groups is 1. The second-order valence-electron chi connectivity index (χ2n) is 3.71. The first kappa shape index (κ1) is 13.2. The van der Waals surface area contributed by atoms with E-state index in [0.29, 0.717) is 10.9 Å². The molecule has 0 fully saturated rings. The summed E-state index contributed by atoms with van der Waals surface area (Å²) in [7, 11) is 0. The molecule has 0 bridgehead atoms. The van der Waals surface area contributed by atoms with Crippen molar-refractivity contribution in [3.63, 3.8) is 0 Å². The SMILES string of the molecule is CC(=O)NN=C1N=C(c2ccc([N+](=O)[O-])cc2)CS1. The Morgan fingerprint density at radius 3 is 2.74 bits per heavy atom. The van der Waals surface area contributed by atoms with E-state index in [1.807, 2.05) is 0 Å². The fraction of sp³-hybridized carbons (Fsp3) is 0.182. The highest BCUT2D eigenvalue weighted by molar-refractivity contribution is 8.15. The largest absolute Gasteiger partial charge is 0.274 e. The number of hydrazone groups is 1. The number of aliphatic imine (C=N–C) groups is 1. The van der Waals surface area contributed by atoms with Gasteiger partial charge in [0.25, 0.3) is 5.69 Å². The van der Waals surface area contributed by atoms with E-state index in [9.17, 15) is 14.9 Å². The second kappa shape index (κ2) is 5.61. The van der Waals surface area contributed by atoms with Crippen LogP contribution in [-0.4, -0.2) is 27.5 Å². The summed E-state index contributed by atoms with van der Waals surface area (Å²) in [6.07, 6.45) is 0. The molecule has 0 spiro atoms. The molecule has 1 N–H and O–H groups in total. The van der Waals surface area contributed by atoms with Gasteiger partial charge in [-0.25, -0.2) is 10.4 Å². The maximum Gasteiger partial charge on any atom is 0.269 e. The van der Waals surface area contributed by atoms with Crippen molar-refractivity contribution in [1.82, 2.24) is 5.43 Å². The van der Waals surface area contributed by atoms with Gasteiger partial charge in [-0.3, -0.25) is 14.9 Å². The van der Waals surface area contributed by atoms with Crippen LogP contribution < -0.4 is 5.43 Å². The van der Waals surface area contributed by atoms with Crippen LogP contribution in [0.1, 0.15) is 12.5 Å². The summed E-state index contributed by atoms with van der Waals surface area (Å²) in [6.45, 7) is 1.37. The van der Waals surface area contributed by atoms with E-state index in [1.165, 1.54) is 30.8 Å². The number of hydrogen-bond donors (Lipinski definition) is 1. The molecule has 7 nitrogen and oxygen atoms in total. The molecule has 98 valence electrons. The summed E-state index contributed by atoms with van der Waals surface area (Å²) in [5, 5.41) is 14.9. The highest BCUT2D eigenvalue weighted by atomic mass is 32.2. The van der Waals surface area contributed by atoms with E-state index in [-0.39, 0.29) is 11.6 Å². The number of nitrogens with one attached hydrogen (secondary N) is 1. The van der Waals surface area contributed by atoms with E-state index in [2.05, 4.69) is 15.5 Å². The minimum atomic E-state index is -0.446. The number of benzene rings is 1. The minimum absolute atomic E-state index is 0.0436. The maximum atomic E-state index is 10.7. The van der Waals surface area contributed by atoms with Gasteiger partial charge in [-0.2, -0.15) is 0 Å². The molecule has 1 aliphatic heterocycles. The van der Waals surface area contributed by atoms with E-state index < -0.39 is 4.92 Å². The summed E-state index contributed by atoms with van der Waals surface area (Å²) in [4.78, 5) is 25.1. The summed E-state index contributed by atoms with van der Waals surface area (Å²) in [6, 6.07) is 6.18. The number of nitro benzene ring substituents is 1. The van der Waals surface area contributed by atoms with Gasteiger partial charge in [-0.05, 0) is 17.7 Å². The van der Waals surface area contributed by atoms with Crippen LogP contribution >= 0.6 is 11.8 Å². The van der Waals surface area contributed by atoms with E-state index in [0.717, 1.165) is 11.3 Å². The molecular formula is C11H10N4O3S. The second-order valence-corrected chi connectivity index (χ2v) is 4.66.